The molecule has 0 aliphatic carbocycles. The van der Waals surface area contributed by atoms with Gasteiger partial charge >= 0.3 is 5.76 Å². The van der Waals surface area contributed by atoms with Gasteiger partial charge in [-0.3, -0.25) is 14.1 Å². The summed E-state index contributed by atoms with van der Waals surface area (Å²) in [6.45, 7) is 1.67. The first kappa shape index (κ1) is 20.4. The molecule has 8 nitrogen and oxygen atoms in total. The van der Waals surface area contributed by atoms with Crippen molar-refractivity contribution in [2.45, 2.75) is 18.4 Å². The van der Waals surface area contributed by atoms with Crippen LogP contribution in [0.3, 0.4) is 0 Å². The van der Waals surface area contributed by atoms with Gasteiger partial charge in [-0.2, -0.15) is 0 Å². The minimum Gasteiger partial charge on any atom is -0.408 e. The minimum absolute atomic E-state index is 0.160. The molecule has 1 heterocycles. The van der Waals surface area contributed by atoms with E-state index in [1.54, 1.807) is 60.7 Å². The van der Waals surface area contributed by atoms with Crippen LogP contribution < -0.4 is 15.8 Å². The number of oxazole rings is 1. The van der Waals surface area contributed by atoms with Gasteiger partial charge in [0.15, 0.2) is 5.58 Å². The third-order valence-corrected chi connectivity index (χ3v) is 6.02. The largest absolute Gasteiger partial charge is 0.420 e. The number of amides is 1. The predicted molar refractivity (Wildman–Crippen MR) is 118 cm³/mol. The van der Waals surface area contributed by atoms with Gasteiger partial charge in [0, 0.05) is 11.4 Å². The number of carbonyl (C=O) groups excluding carboxylic acids is 1. The van der Waals surface area contributed by atoms with Gasteiger partial charge in [-0.15, -0.1) is 0 Å². The van der Waals surface area contributed by atoms with Crippen LogP contribution >= 0.6 is 0 Å². The first-order chi connectivity index (χ1) is 14.8. The summed E-state index contributed by atoms with van der Waals surface area (Å²) in [5, 5.41) is 2.68. The van der Waals surface area contributed by atoms with Crippen molar-refractivity contribution in [3.63, 3.8) is 0 Å². The lowest BCUT2D eigenvalue weighted by molar-refractivity contribution is -0.116. The SMILES string of the molecule is Cc1ccc(S(=O)(=O)Nc2ccc(NC(=O)Cn3c(=O)oc4ccccc43)cc2)cc1. The summed E-state index contributed by atoms with van der Waals surface area (Å²) >= 11 is 0. The molecular weight excluding hydrogens is 418 g/mol. The molecule has 2 N–H and O–H groups in total. The van der Waals surface area contributed by atoms with Crippen LogP contribution in [-0.2, 0) is 21.4 Å². The highest BCUT2D eigenvalue weighted by atomic mass is 32.2. The summed E-state index contributed by atoms with van der Waals surface area (Å²) in [6, 6.07) is 19.6. The zero-order valence-corrected chi connectivity index (χ0v) is 17.3. The molecule has 0 bridgehead atoms. The third kappa shape index (κ3) is 4.51. The number of nitrogens with one attached hydrogen (secondary N) is 2. The fraction of sp³-hybridized carbons (Fsp3) is 0.0909. The van der Waals surface area contributed by atoms with Crippen LogP contribution in [0.1, 0.15) is 5.56 Å². The number of fused-ring (bicyclic) bond motifs is 1. The number of sulfonamides is 1. The number of para-hydroxylation sites is 2. The van der Waals surface area contributed by atoms with Crippen molar-refractivity contribution < 1.29 is 17.6 Å². The third-order valence-electron chi connectivity index (χ3n) is 4.63. The van der Waals surface area contributed by atoms with Crippen LogP contribution in [0.15, 0.2) is 86.9 Å². The molecule has 0 spiro atoms. The van der Waals surface area contributed by atoms with E-state index in [-0.39, 0.29) is 11.4 Å². The number of rotatable bonds is 6. The van der Waals surface area contributed by atoms with Crippen LogP contribution in [0.25, 0.3) is 11.1 Å². The minimum atomic E-state index is -3.71. The molecule has 0 saturated heterocycles. The molecule has 0 atom stereocenters. The second kappa shape index (κ2) is 8.11. The number of benzene rings is 3. The zero-order valence-electron chi connectivity index (χ0n) is 16.5. The van der Waals surface area contributed by atoms with E-state index in [9.17, 15) is 18.0 Å². The van der Waals surface area contributed by atoms with Crippen LogP contribution in [0, 0.1) is 6.92 Å². The molecule has 1 aromatic heterocycles. The van der Waals surface area contributed by atoms with Crippen LogP contribution in [-0.4, -0.2) is 18.9 Å². The summed E-state index contributed by atoms with van der Waals surface area (Å²) < 4.78 is 33.8. The maximum absolute atomic E-state index is 12.5. The zero-order chi connectivity index (χ0) is 22.0. The molecule has 158 valence electrons. The quantitative estimate of drug-likeness (QED) is 0.481. The highest BCUT2D eigenvalue weighted by molar-refractivity contribution is 7.92. The monoisotopic (exact) mass is 437 g/mol. The molecule has 0 saturated carbocycles. The first-order valence-electron chi connectivity index (χ1n) is 9.40. The van der Waals surface area contributed by atoms with Gasteiger partial charge in [0.2, 0.25) is 5.91 Å². The van der Waals surface area contributed by atoms with E-state index < -0.39 is 21.7 Å². The highest BCUT2D eigenvalue weighted by Crippen LogP contribution is 2.19. The Bertz CT molecular complexity index is 1400. The molecule has 4 rings (SSSR count). The molecule has 0 aliphatic heterocycles. The summed E-state index contributed by atoms with van der Waals surface area (Å²) in [5.41, 5.74) is 2.72. The smallest absolute Gasteiger partial charge is 0.408 e. The van der Waals surface area contributed by atoms with Crippen molar-refractivity contribution in [1.29, 1.82) is 0 Å². The normalized spacial score (nSPS) is 11.4. The Morgan fingerprint density at radius 1 is 0.935 bits per heavy atom. The Morgan fingerprint density at radius 2 is 1.58 bits per heavy atom. The Kier molecular flexibility index (Phi) is 5.35. The number of carbonyl (C=O) groups is 1. The van der Waals surface area contributed by atoms with E-state index in [2.05, 4.69) is 10.0 Å². The van der Waals surface area contributed by atoms with E-state index in [0.29, 0.717) is 22.5 Å². The Balaban J connectivity index is 1.43. The fourth-order valence-corrected chi connectivity index (χ4v) is 4.12. The second-order valence-corrected chi connectivity index (χ2v) is 8.65. The van der Waals surface area contributed by atoms with E-state index in [1.165, 1.54) is 16.7 Å². The van der Waals surface area contributed by atoms with Crippen molar-refractivity contribution in [2.75, 3.05) is 10.0 Å². The van der Waals surface area contributed by atoms with Crippen molar-refractivity contribution in [3.05, 3.63) is 88.9 Å². The number of aromatic nitrogens is 1. The van der Waals surface area contributed by atoms with Crippen LogP contribution in [0.2, 0.25) is 0 Å². The van der Waals surface area contributed by atoms with Crippen molar-refractivity contribution in [1.82, 2.24) is 4.57 Å². The van der Waals surface area contributed by atoms with Gasteiger partial charge in [-0.1, -0.05) is 29.8 Å². The van der Waals surface area contributed by atoms with Gasteiger partial charge in [0.25, 0.3) is 10.0 Å². The van der Waals surface area contributed by atoms with E-state index in [1.807, 2.05) is 6.92 Å². The number of hydrogen-bond acceptors (Lipinski definition) is 5. The average Bonchev–Trinajstić information content (AvgIpc) is 3.05. The number of aryl methyl sites for hydroxylation is 1. The van der Waals surface area contributed by atoms with E-state index in [0.717, 1.165) is 5.56 Å². The lowest BCUT2D eigenvalue weighted by Crippen LogP contribution is -2.24. The Hall–Kier alpha value is -3.85. The summed E-state index contributed by atoms with van der Waals surface area (Å²) in [4.78, 5) is 24.5. The number of nitrogens with zero attached hydrogens (tertiary/aromatic N) is 1. The van der Waals surface area contributed by atoms with Crippen LogP contribution in [0.4, 0.5) is 11.4 Å². The standard InChI is InChI=1S/C22H19N3O5S/c1-15-6-12-18(13-7-15)31(28,29)24-17-10-8-16(9-11-17)23-21(26)14-25-19-4-2-3-5-20(19)30-22(25)27/h2-13,24H,14H2,1H3,(H,23,26). The molecule has 0 radical (unpaired) electrons. The lowest BCUT2D eigenvalue weighted by atomic mass is 10.2. The van der Waals surface area contributed by atoms with Gasteiger partial charge < -0.3 is 9.73 Å². The molecule has 0 aliphatic rings. The highest BCUT2D eigenvalue weighted by Gasteiger charge is 2.15. The molecule has 4 aromatic rings. The summed E-state index contributed by atoms with van der Waals surface area (Å²) in [5.74, 6) is -1.03. The van der Waals surface area contributed by atoms with Gasteiger partial charge in [-0.25, -0.2) is 13.2 Å². The topological polar surface area (TPSA) is 110 Å². The molecule has 0 fully saturated rings. The molecule has 0 unspecified atom stereocenters. The van der Waals surface area contributed by atoms with E-state index >= 15 is 0 Å². The molecule has 31 heavy (non-hydrogen) atoms. The van der Waals surface area contributed by atoms with Crippen LogP contribution in [0.5, 0.6) is 0 Å². The number of anilines is 2. The maximum Gasteiger partial charge on any atom is 0.420 e. The molecular formula is C22H19N3O5S. The predicted octanol–water partition coefficient (Wildman–Crippen LogP) is 3.34. The van der Waals surface area contributed by atoms with Crippen molar-refractivity contribution in [2.24, 2.45) is 0 Å². The summed E-state index contributed by atoms with van der Waals surface area (Å²) in [7, 11) is -3.71. The van der Waals surface area contributed by atoms with Gasteiger partial charge in [0.1, 0.15) is 6.54 Å². The maximum atomic E-state index is 12.5. The Morgan fingerprint density at radius 3 is 2.29 bits per heavy atom. The molecule has 3 aromatic carbocycles. The average molecular weight is 437 g/mol. The van der Waals surface area contributed by atoms with Gasteiger partial charge in [-0.05, 0) is 55.5 Å². The first-order valence-corrected chi connectivity index (χ1v) is 10.9. The molecule has 9 heteroatoms. The van der Waals surface area contributed by atoms with Crippen molar-refractivity contribution >= 4 is 38.4 Å². The van der Waals surface area contributed by atoms with Gasteiger partial charge in [0.05, 0.1) is 10.4 Å². The molecule has 1 amide bonds. The number of hydrogen-bond donors (Lipinski definition) is 2. The summed E-state index contributed by atoms with van der Waals surface area (Å²) in [6.07, 6.45) is 0. The Labute approximate surface area is 178 Å². The fourth-order valence-electron chi connectivity index (χ4n) is 3.06. The lowest BCUT2D eigenvalue weighted by Gasteiger charge is -2.10. The van der Waals surface area contributed by atoms with Crippen molar-refractivity contribution in [3.8, 4) is 0 Å². The van der Waals surface area contributed by atoms with E-state index in [4.69, 9.17) is 4.42 Å². The second-order valence-electron chi connectivity index (χ2n) is 6.97.